The molecule has 20 heteroatoms. The number of phenols is 3. The van der Waals surface area contributed by atoms with Crippen molar-refractivity contribution < 1.29 is 70.1 Å². The zero-order chi connectivity index (χ0) is 50.1. The van der Waals surface area contributed by atoms with Crippen LogP contribution >= 0.6 is 0 Å². The minimum Gasteiger partial charge on any atom is -0.508 e. The summed E-state index contributed by atoms with van der Waals surface area (Å²) in [5.41, 5.74) is 10.7. The normalized spacial score (nSPS) is 28.2. The number of allylic oxidation sites excluding steroid dienone is 1. The Kier molecular flexibility index (Phi) is 14.4. The van der Waals surface area contributed by atoms with Crippen LogP contribution < -0.4 is 21.1 Å². The molecule has 70 heavy (non-hydrogen) atoms. The van der Waals surface area contributed by atoms with E-state index in [1.54, 1.807) is 42.6 Å². The number of rotatable bonds is 17. The number of amides is 1. The van der Waals surface area contributed by atoms with Gasteiger partial charge in [0.05, 0.1) is 24.1 Å². The molecule has 374 valence electrons. The van der Waals surface area contributed by atoms with Gasteiger partial charge in [-0.2, -0.15) is 0 Å². The lowest BCUT2D eigenvalue weighted by Crippen LogP contribution is -2.67. The highest BCUT2D eigenvalue weighted by atomic mass is 16.8. The predicted molar refractivity (Wildman–Crippen MR) is 255 cm³/mol. The van der Waals surface area contributed by atoms with Gasteiger partial charge in [-0.15, -0.1) is 0 Å². The van der Waals surface area contributed by atoms with Crippen molar-refractivity contribution in [2.24, 2.45) is 32.4 Å². The molecule has 0 aromatic heterocycles. The van der Waals surface area contributed by atoms with Gasteiger partial charge in [0, 0.05) is 53.8 Å². The number of aliphatic imine (C=N–C) groups is 3. The Hall–Kier alpha value is -6.39. The van der Waals surface area contributed by atoms with Crippen LogP contribution in [0.25, 0.3) is 6.08 Å². The molecule has 1 saturated heterocycles. The molecule has 3 heterocycles. The summed E-state index contributed by atoms with van der Waals surface area (Å²) in [6.07, 6.45) is 1.56. The van der Waals surface area contributed by atoms with E-state index in [2.05, 4.69) is 15.0 Å². The third kappa shape index (κ3) is 9.23. The van der Waals surface area contributed by atoms with Gasteiger partial charge in [-0.05, 0) is 92.0 Å². The molecule has 0 unspecified atom stereocenters. The second kappa shape index (κ2) is 20.1. The van der Waals surface area contributed by atoms with Crippen molar-refractivity contribution in [3.05, 3.63) is 94.6 Å². The van der Waals surface area contributed by atoms with E-state index in [1.165, 1.54) is 24.3 Å². The molecule has 2 fully saturated rings. The fourth-order valence-corrected chi connectivity index (χ4v) is 11.3. The van der Waals surface area contributed by atoms with Crippen LogP contribution in [0.15, 0.2) is 87.3 Å². The Morgan fingerprint density at radius 1 is 0.957 bits per heavy atom. The number of nitrogens with zero attached hydrogens (tertiary/aromatic N) is 4. The molecule has 3 aromatic rings. The van der Waals surface area contributed by atoms with Gasteiger partial charge in [-0.1, -0.05) is 49.1 Å². The van der Waals surface area contributed by atoms with Crippen LogP contribution in [-0.2, 0) is 26.2 Å². The van der Waals surface area contributed by atoms with Crippen molar-refractivity contribution >= 4 is 41.5 Å². The molecule has 5 aliphatic rings. The van der Waals surface area contributed by atoms with Gasteiger partial charge < -0.3 is 72.0 Å². The molecule has 3 aromatic carbocycles. The van der Waals surface area contributed by atoms with Crippen LogP contribution in [0.4, 0.5) is 5.69 Å². The van der Waals surface area contributed by atoms with E-state index in [-0.39, 0.29) is 61.2 Å². The molecule has 0 spiro atoms. The largest absolute Gasteiger partial charge is 0.508 e. The number of carboxylic acid groups (broad SMARTS) is 1. The maximum Gasteiger partial charge on any atom is 0.355 e. The number of aromatic hydroxyl groups is 3. The third-order valence-electron chi connectivity index (χ3n) is 14.4. The van der Waals surface area contributed by atoms with Crippen molar-refractivity contribution in [1.82, 2.24) is 0 Å². The minimum atomic E-state index is -3.20. The lowest BCUT2D eigenvalue weighted by Gasteiger charge is -2.48. The minimum absolute atomic E-state index is 0.00893. The third-order valence-corrected chi connectivity index (χ3v) is 14.4. The van der Waals surface area contributed by atoms with E-state index in [4.69, 9.17) is 20.9 Å². The number of hydrogen-bond acceptors (Lipinski definition) is 16. The van der Waals surface area contributed by atoms with Crippen molar-refractivity contribution in [2.45, 2.75) is 118 Å². The van der Waals surface area contributed by atoms with Crippen LogP contribution in [0.5, 0.6) is 23.0 Å². The van der Waals surface area contributed by atoms with E-state index in [1.807, 2.05) is 6.07 Å². The number of aliphatic carboxylic acids is 1. The molecule has 1 amide bonds. The number of guanidine groups is 1. The number of carboxylic acids is 1. The summed E-state index contributed by atoms with van der Waals surface area (Å²) in [6, 6.07) is 13.9. The summed E-state index contributed by atoms with van der Waals surface area (Å²) in [5, 5.41) is 111. The summed E-state index contributed by atoms with van der Waals surface area (Å²) in [7, 11) is 0. The van der Waals surface area contributed by atoms with E-state index in [0.717, 1.165) is 17.4 Å². The molecular weight excluding hydrogens is 909 g/mol. The average Bonchev–Trinajstić information content (AvgIpc) is 4.05. The fraction of sp³-hybridized carbons (Fsp3) is 0.460. The smallest absolute Gasteiger partial charge is 0.355 e. The van der Waals surface area contributed by atoms with Crippen molar-refractivity contribution in [3.8, 4) is 23.0 Å². The monoisotopic (exact) mass is 968 g/mol. The number of para-hydroxylation sites is 1. The van der Waals surface area contributed by atoms with Crippen LogP contribution in [-0.4, -0.2) is 143 Å². The van der Waals surface area contributed by atoms with Gasteiger partial charge in [0.1, 0.15) is 36.5 Å². The number of fused-ring (bicyclic) bond motifs is 3. The highest BCUT2D eigenvalue weighted by Gasteiger charge is 2.68. The van der Waals surface area contributed by atoms with Crippen molar-refractivity contribution in [3.63, 3.8) is 0 Å². The molecular formula is C50H60N6O14. The molecule has 1 saturated carbocycles. The molecule has 2 aliphatic carbocycles. The van der Waals surface area contributed by atoms with Crippen molar-refractivity contribution in [1.29, 1.82) is 0 Å². The second-order valence-corrected chi connectivity index (χ2v) is 18.7. The zero-order valence-corrected chi connectivity index (χ0v) is 38.3. The summed E-state index contributed by atoms with van der Waals surface area (Å²) in [6.45, 7) is -0.380. The lowest BCUT2D eigenvalue weighted by atomic mass is 9.55. The fourth-order valence-electron chi connectivity index (χ4n) is 11.3. The van der Waals surface area contributed by atoms with Gasteiger partial charge in [0.2, 0.25) is 0 Å². The molecule has 3 aliphatic heterocycles. The Morgan fingerprint density at radius 2 is 1.71 bits per heavy atom. The SMILES string of the molecule is NC(N)=NCCC[C@H](O)CCC1=C[C@]2(C(=O)O)[C@@H](c3cc(O)c(O[C@]4(O)O[C@H](CO)[C@@H](O)[C@H](O)[C@H]4O)cc3N2C(=O)/C=C/c2ccc(O)c(CC3=NCN=C3)c2)[C@@H]1C1(c2ccccc2O)CCCCC1. The number of benzene rings is 3. The Labute approximate surface area is 402 Å². The summed E-state index contributed by atoms with van der Waals surface area (Å²) < 4.78 is 11.1. The predicted octanol–water partition coefficient (Wildman–Crippen LogP) is 1.95. The van der Waals surface area contributed by atoms with Gasteiger partial charge in [0.15, 0.2) is 29.1 Å². The molecule has 9 atom stereocenters. The second-order valence-electron chi connectivity index (χ2n) is 18.7. The summed E-state index contributed by atoms with van der Waals surface area (Å²) >= 11 is 0. The number of carbonyl (C=O) groups is 2. The van der Waals surface area contributed by atoms with Gasteiger partial charge in [-0.3, -0.25) is 24.7 Å². The quantitative estimate of drug-likeness (QED) is 0.0230. The first-order valence-electron chi connectivity index (χ1n) is 23.4. The van der Waals surface area contributed by atoms with Crippen LogP contribution in [0, 0.1) is 5.92 Å². The summed E-state index contributed by atoms with van der Waals surface area (Å²) in [4.78, 5) is 43.3. The highest BCUT2D eigenvalue weighted by Crippen LogP contribution is 2.67. The van der Waals surface area contributed by atoms with E-state index in [0.29, 0.717) is 66.5 Å². The van der Waals surface area contributed by atoms with E-state index in [9.17, 15) is 55.9 Å². The van der Waals surface area contributed by atoms with Crippen LogP contribution in [0.1, 0.15) is 86.0 Å². The Bertz CT molecular complexity index is 2620. The van der Waals surface area contributed by atoms with Gasteiger partial charge in [-0.25, -0.2) is 4.79 Å². The topological polar surface area (TPSA) is 347 Å². The Balaban J connectivity index is 1.29. The number of aliphatic hydroxyl groups excluding tert-OH is 5. The summed E-state index contributed by atoms with van der Waals surface area (Å²) in [5.74, 6) is -8.91. The van der Waals surface area contributed by atoms with Crippen molar-refractivity contribution in [2.75, 3.05) is 24.7 Å². The van der Waals surface area contributed by atoms with Crippen LogP contribution in [0.2, 0.25) is 0 Å². The lowest BCUT2D eigenvalue weighted by molar-refractivity contribution is -0.422. The maximum absolute atomic E-state index is 15.2. The molecule has 0 bridgehead atoms. The van der Waals surface area contributed by atoms with Gasteiger partial charge in [0.25, 0.3) is 5.91 Å². The molecule has 0 radical (unpaired) electrons. The number of anilines is 1. The first-order chi connectivity index (χ1) is 33.4. The Morgan fingerprint density at radius 3 is 2.40 bits per heavy atom. The molecule has 14 N–H and O–H groups in total. The van der Waals surface area contributed by atoms with E-state index < -0.39 is 89.3 Å². The number of hydrogen-bond donors (Lipinski definition) is 12. The highest BCUT2D eigenvalue weighted by molar-refractivity contribution is 6.32. The number of nitrogens with two attached hydrogens (primary N) is 2. The van der Waals surface area contributed by atoms with E-state index >= 15 is 4.79 Å². The number of phenolic OH excluding ortho intramolecular Hbond substituents is 3. The first-order valence-corrected chi connectivity index (χ1v) is 23.4. The molecule has 20 nitrogen and oxygen atoms in total. The number of aliphatic hydroxyl groups is 6. The maximum atomic E-state index is 15.2. The molecule has 8 rings (SSSR count). The zero-order valence-electron chi connectivity index (χ0n) is 38.3. The van der Waals surface area contributed by atoms with Crippen LogP contribution in [0.3, 0.4) is 0 Å². The van der Waals surface area contributed by atoms with Gasteiger partial charge >= 0.3 is 11.9 Å². The first kappa shape index (κ1) is 50.0. The number of ether oxygens (including phenoxy) is 2. The average molecular weight is 969 g/mol. The number of carbonyl (C=O) groups excluding carboxylic acids is 1. The standard InChI is InChI=1S/C50H60N6O14/c51-47(52)54-18-6-7-31(58)13-12-28-23-49(46(66)67)42(41(28)48(16-4-1-5-17-48)33-8-2-3-9-36(33)60)32-21-37(61)38(69-50(68)45(65)44(64)43(63)39(25-57)70-50)22-34(32)56(49)40(62)15-11-27-10-14-35(59)29(19-27)20-30-24-53-26-55-30/h2-3,8-11,14-15,19,21-24,31,39,41-45,57-61,63-65,68H,1,4-7,12-13,16-18,20,25-26H2,(H,66,67)(H4,51,52,54)/b15-11+/t31-,39+,41+,42-,43+,44-,45+,49+,50-/m0/s1.